The first-order chi connectivity index (χ1) is 4.81. The van der Waals surface area contributed by atoms with Gasteiger partial charge in [0.1, 0.15) is 5.72 Å². The van der Waals surface area contributed by atoms with E-state index in [1.165, 1.54) is 0 Å². The summed E-state index contributed by atoms with van der Waals surface area (Å²) >= 11 is 0. The lowest BCUT2D eigenvalue weighted by Crippen LogP contribution is -2.62. The van der Waals surface area contributed by atoms with Gasteiger partial charge in [-0.1, -0.05) is 6.92 Å². The Bertz CT molecular complexity index is 116. The summed E-state index contributed by atoms with van der Waals surface area (Å²) in [7, 11) is 0. The second-order valence-corrected chi connectivity index (χ2v) is 3.70. The highest BCUT2D eigenvalue weighted by Crippen LogP contribution is 2.14. The molecule has 0 aliphatic carbocycles. The molecule has 0 rings (SSSR count). The third kappa shape index (κ3) is 3.18. The van der Waals surface area contributed by atoms with Gasteiger partial charge in [0.15, 0.2) is 0 Å². The Kier molecular flexibility index (Phi) is 3.48. The summed E-state index contributed by atoms with van der Waals surface area (Å²) in [4.78, 5) is 0. The summed E-state index contributed by atoms with van der Waals surface area (Å²) in [5.41, 5.74) is 3.95. The average molecular weight is 160 g/mol. The summed E-state index contributed by atoms with van der Waals surface area (Å²) in [6.07, 6.45) is 1.04. The Morgan fingerprint density at radius 2 is 1.82 bits per heavy atom. The van der Waals surface area contributed by atoms with E-state index in [2.05, 4.69) is 12.2 Å². The fourth-order valence-corrected chi connectivity index (χ4v) is 0.616. The van der Waals surface area contributed by atoms with Crippen LogP contribution in [0.4, 0.5) is 0 Å². The van der Waals surface area contributed by atoms with Crippen LogP contribution in [-0.4, -0.2) is 22.9 Å². The van der Waals surface area contributed by atoms with Crippen molar-refractivity contribution in [2.24, 2.45) is 5.73 Å². The van der Waals surface area contributed by atoms with E-state index in [9.17, 15) is 5.11 Å². The molecule has 3 nitrogen and oxygen atoms in total. The van der Waals surface area contributed by atoms with E-state index < -0.39 is 11.3 Å². The second kappa shape index (κ2) is 3.52. The Morgan fingerprint density at radius 3 is 2.09 bits per heavy atom. The van der Waals surface area contributed by atoms with Crippen molar-refractivity contribution >= 4 is 0 Å². The van der Waals surface area contributed by atoms with Gasteiger partial charge in [-0.25, -0.2) is 0 Å². The molecule has 1 atom stereocenters. The zero-order chi connectivity index (χ0) is 9.12. The summed E-state index contributed by atoms with van der Waals surface area (Å²) in [5, 5.41) is 12.7. The largest absolute Gasteiger partial charge is 0.374 e. The van der Waals surface area contributed by atoms with Crippen LogP contribution in [0.2, 0.25) is 0 Å². The Morgan fingerprint density at radius 1 is 1.36 bits per heavy atom. The summed E-state index contributed by atoms with van der Waals surface area (Å²) in [6.45, 7) is 8.34. The molecule has 1 unspecified atom stereocenters. The Labute approximate surface area is 69.0 Å². The fourth-order valence-electron chi connectivity index (χ4n) is 0.616. The maximum absolute atomic E-state index is 9.49. The van der Waals surface area contributed by atoms with Crippen LogP contribution in [0.5, 0.6) is 0 Å². The van der Waals surface area contributed by atoms with E-state index in [1.807, 2.05) is 13.8 Å². The van der Waals surface area contributed by atoms with Crippen molar-refractivity contribution in [1.29, 1.82) is 0 Å². The van der Waals surface area contributed by atoms with Crippen LogP contribution in [0.3, 0.4) is 0 Å². The van der Waals surface area contributed by atoms with Gasteiger partial charge in [0.25, 0.3) is 0 Å². The van der Waals surface area contributed by atoms with E-state index in [0.29, 0.717) is 0 Å². The first kappa shape index (κ1) is 10.9. The molecule has 3 heteroatoms. The average Bonchev–Trinajstić information content (AvgIpc) is 1.81. The van der Waals surface area contributed by atoms with Gasteiger partial charge in [-0.15, -0.1) is 0 Å². The zero-order valence-corrected chi connectivity index (χ0v) is 7.94. The Hall–Kier alpha value is -0.120. The quantitative estimate of drug-likeness (QED) is 0.523. The van der Waals surface area contributed by atoms with Crippen molar-refractivity contribution in [2.75, 3.05) is 6.54 Å². The van der Waals surface area contributed by atoms with Gasteiger partial charge < -0.3 is 16.2 Å². The van der Waals surface area contributed by atoms with Crippen LogP contribution >= 0.6 is 0 Å². The monoisotopic (exact) mass is 160 g/mol. The number of hydrogen-bond donors (Lipinski definition) is 3. The molecule has 0 aliphatic heterocycles. The van der Waals surface area contributed by atoms with E-state index in [1.54, 1.807) is 6.92 Å². The predicted molar refractivity (Wildman–Crippen MR) is 47.2 cm³/mol. The summed E-state index contributed by atoms with van der Waals surface area (Å²) in [5.74, 6) is 0. The molecule has 0 aliphatic rings. The van der Waals surface area contributed by atoms with Crippen LogP contribution in [0, 0.1) is 0 Å². The molecular formula is C8H20N2O. The maximum atomic E-state index is 9.49. The van der Waals surface area contributed by atoms with Gasteiger partial charge in [-0.2, -0.15) is 0 Å². The van der Waals surface area contributed by atoms with Crippen molar-refractivity contribution < 1.29 is 5.11 Å². The van der Waals surface area contributed by atoms with Crippen LogP contribution in [0.15, 0.2) is 0 Å². The van der Waals surface area contributed by atoms with Crippen LogP contribution in [0.1, 0.15) is 34.1 Å². The third-order valence-electron chi connectivity index (χ3n) is 2.08. The molecule has 68 valence electrons. The molecule has 0 fully saturated rings. The highest BCUT2D eigenvalue weighted by atomic mass is 16.3. The highest BCUT2D eigenvalue weighted by molar-refractivity contribution is 4.91. The molecular weight excluding hydrogens is 140 g/mol. The number of nitrogens with two attached hydrogens (primary N) is 1. The second-order valence-electron chi connectivity index (χ2n) is 3.70. The lowest BCUT2D eigenvalue weighted by atomic mass is 9.93. The van der Waals surface area contributed by atoms with E-state index in [-0.39, 0.29) is 0 Å². The molecule has 11 heavy (non-hydrogen) atoms. The van der Waals surface area contributed by atoms with Crippen molar-refractivity contribution in [1.82, 2.24) is 5.32 Å². The number of aliphatic hydroxyl groups is 1. The molecule has 0 aromatic carbocycles. The van der Waals surface area contributed by atoms with Crippen molar-refractivity contribution in [3.8, 4) is 0 Å². The van der Waals surface area contributed by atoms with Gasteiger partial charge in [-0.3, -0.25) is 0 Å². The molecule has 4 N–H and O–H groups in total. The maximum Gasteiger partial charge on any atom is 0.128 e. The van der Waals surface area contributed by atoms with Crippen LogP contribution in [0.25, 0.3) is 0 Å². The van der Waals surface area contributed by atoms with Crippen molar-refractivity contribution in [3.63, 3.8) is 0 Å². The summed E-state index contributed by atoms with van der Waals surface area (Å²) < 4.78 is 0. The number of rotatable bonds is 4. The molecule has 0 aromatic heterocycles. The molecule has 0 saturated heterocycles. The van der Waals surface area contributed by atoms with Crippen LogP contribution in [-0.2, 0) is 0 Å². The fraction of sp³-hybridized carbons (Fsp3) is 1.00. The van der Waals surface area contributed by atoms with Gasteiger partial charge in [-0.05, 0) is 33.7 Å². The highest BCUT2D eigenvalue weighted by Gasteiger charge is 2.34. The zero-order valence-electron chi connectivity index (χ0n) is 7.94. The van der Waals surface area contributed by atoms with Gasteiger partial charge in [0.2, 0.25) is 0 Å². The van der Waals surface area contributed by atoms with Crippen molar-refractivity contribution in [3.05, 3.63) is 0 Å². The number of hydrogen-bond acceptors (Lipinski definition) is 3. The predicted octanol–water partition coefficient (Wildman–Crippen LogP) is 0.432. The van der Waals surface area contributed by atoms with E-state index in [4.69, 9.17) is 5.73 Å². The lowest BCUT2D eigenvalue weighted by molar-refractivity contribution is -0.0156. The topological polar surface area (TPSA) is 58.3 Å². The Balaban J connectivity index is 4.00. The molecule has 0 spiro atoms. The molecule has 0 amide bonds. The molecule has 0 radical (unpaired) electrons. The molecule has 0 aromatic rings. The summed E-state index contributed by atoms with van der Waals surface area (Å²) in [6, 6.07) is 0. The minimum Gasteiger partial charge on any atom is -0.374 e. The molecule has 0 saturated carbocycles. The van der Waals surface area contributed by atoms with Crippen molar-refractivity contribution in [2.45, 2.75) is 45.4 Å². The first-order valence-electron chi connectivity index (χ1n) is 4.07. The normalized spacial score (nSPS) is 18.0. The first-order valence-corrected chi connectivity index (χ1v) is 4.07. The van der Waals surface area contributed by atoms with Gasteiger partial charge in [0, 0.05) is 0 Å². The van der Waals surface area contributed by atoms with Gasteiger partial charge in [0.05, 0.1) is 5.54 Å². The van der Waals surface area contributed by atoms with E-state index in [0.717, 1.165) is 13.0 Å². The molecule has 0 bridgehead atoms. The van der Waals surface area contributed by atoms with Gasteiger partial charge >= 0.3 is 0 Å². The lowest BCUT2D eigenvalue weighted by Gasteiger charge is -2.37. The van der Waals surface area contributed by atoms with E-state index >= 15 is 0 Å². The minimum absolute atomic E-state index is 0.428. The SMILES string of the molecule is CCCNC(C)(C)C(C)(N)O. The third-order valence-corrected chi connectivity index (χ3v) is 2.08. The van der Waals surface area contributed by atoms with Crippen LogP contribution < -0.4 is 11.1 Å². The molecule has 0 heterocycles. The number of nitrogens with one attached hydrogen (secondary N) is 1. The standard InChI is InChI=1S/C8H20N2O/c1-5-6-10-7(2,3)8(4,9)11/h10-11H,5-6,9H2,1-4H3. The smallest absolute Gasteiger partial charge is 0.128 e. The minimum atomic E-state index is -1.16.